The van der Waals surface area contributed by atoms with Crippen LogP contribution >= 0.6 is 0 Å². The molecule has 5 heteroatoms. The number of aromatic nitrogens is 2. The van der Waals surface area contributed by atoms with Crippen molar-refractivity contribution < 1.29 is 0 Å². The van der Waals surface area contributed by atoms with Crippen LogP contribution in [0.15, 0.2) is 12.4 Å². The van der Waals surface area contributed by atoms with Gasteiger partial charge in [0.05, 0.1) is 0 Å². The van der Waals surface area contributed by atoms with Crippen LogP contribution in [0.3, 0.4) is 0 Å². The summed E-state index contributed by atoms with van der Waals surface area (Å²) in [4.78, 5) is 9.12. The zero-order valence-electron chi connectivity index (χ0n) is 12.9. The van der Waals surface area contributed by atoms with Gasteiger partial charge in [0.2, 0.25) is 0 Å². The molecule has 0 saturated heterocycles. The first kappa shape index (κ1) is 14.6. The summed E-state index contributed by atoms with van der Waals surface area (Å²) in [5, 5.41) is 0. The van der Waals surface area contributed by atoms with E-state index in [1.165, 1.54) is 0 Å². The number of rotatable bonds is 2. The van der Waals surface area contributed by atoms with Crippen LogP contribution in [-0.2, 0) is 0 Å². The Kier molecular flexibility index (Phi) is 3.82. The van der Waals surface area contributed by atoms with E-state index in [-0.39, 0.29) is 26.7 Å². The van der Waals surface area contributed by atoms with Crippen LogP contribution in [0, 0.1) is 10.8 Å². The molecule has 0 amide bonds. The van der Waals surface area contributed by atoms with Gasteiger partial charge in [0.25, 0.3) is 0 Å². The first-order chi connectivity index (χ1) is 8.66. The number of anilines is 2. The fourth-order valence-corrected chi connectivity index (χ4v) is 6.07. The van der Waals surface area contributed by atoms with Crippen molar-refractivity contribution in [3.8, 4) is 0 Å². The Morgan fingerprint density at radius 1 is 0.842 bits per heavy atom. The summed E-state index contributed by atoms with van der Waals surface area (Å²) in [7, 11) is 0. The number of hydrogen-bond acceptors (Lipinski definition) is 4. The third-order valence-electron chi connectivity index (χ3n) is 2.68. The molecule has 2 heterocycles. The standard InChI is InChI=1S/C14H24GeN4/c1-13(2,3)9-18-11-12(17-8-7-16-11)19(15-18)10-14(4,5)6/h7-8H,9-10H2,1-6H3. The molecule has 2 rings (SSSR count). The maximum absolute atomic E-state index is 4.56. The van der Waals surface area contributed by atoms with Crippen LogP contribution < -0.4 is 7.71 Å². The zero-order valence-corrected chi connectivity index (χ0v) is 15.0. The second kappa shape index (κ2) is 4.96. The molecule has 0 aromatic carbocycles. The van der Waals surface area contributed by atoms with E-state index in [0.717, 1.165) is 24.7 Å². The van der Waals surface area contributed by atoms with Gasteiger partial charge in [0.15, 0.2) is 0 Å². The molecule has 1 aromatic rings. The van der Waals surface area contributed by atoms with Gasteiger partial charge in [-0.2, -0.15) is 0 Å². The van der Waals surface area contributed by atoms with Gasteiger partial charge in [0.1, 0.15) is 0 Å². The van der Waals surface area contributed by atoms with E-state index in [9.17, 15) is 0 Å². The predicted octanol–water partition coefficient (Wildman–Crippen LogP) is 2.73. The van der Waals surface area contributed by atoms with Crippen molar-refractivity contribution in [2.45, 2.75) is 41.5 Å². The Hall–Kier alpha value is -0.777. The van der Waals surface area contributed by atoms with E-state index in [2.05, 4.69) is 59.2 Å². The van der Waals surface area contributed by atoms with Gasteiger partial charge in [-0.25, -0.2) is 0 Å². The van der Waals surface area contributed by atoms with Gasteiger partial charge in [-0.1, -0.05) is 0 Å². The molecule has 19 heavy (non-hydrogen) atoms. The average molecular weight is 321 g/mol. The van der Waals surface area contributed by atoms with Gasteiger partial charge in [0, 0.05) is 0 Å². The summed E-state index contributed by atoms with van der Waals surface area (Å²) in [6.45, 7) is 15.8. The first-order valence-electron chi connectivity index (χ1n) is 6.78. The van der Waals surface area contributed by atoms with E-state index in [1.54, 1.807) is 12.4 Å². The van der Waals surface area contributed by atoms with E-state index >= 15 is 0 Å². The Morgan fingerprint density at radius 2 is 1.21 bits per heavy atom. The Balaban J connectivity index is 2.23. The molecule has 1 aliphatic rings. The fraction of sp³-hybridized carbons (Fsp3) is 0.714. The van der Waals surface area contributed by atoms with Crippen molar-refractivity contribution in [3.05, 3.63) is 12.4 Å². The molecule has 0 saturated carbocycles. The average Bonchev–Trinajstić information content (AvgIpc) is 2.53. The molecule has 1 aromatic heterocycles. The summed E-state index contributed by atoms with van der Waals surface area (Å²) in [5.41, 5.74) is 0.575. The molecular formula is C14H24GeN4. The molecule has 0 aliphatic carbocycles. The molecule has 0 N–H and O–H groups in total. The van der Waals surface area contributed by atoms with Crippen molar-refractivity contribution in [2.75, 3.05) is 20.8 Å². The summed E-state index contributed by atoms with van der Waals surface area (Å²) in [6, 6.07) is 0. The van der Waals surface area contributed by atoms with Crippen LogP contribution in [0.5, 0.6) is 0 Å². The second-order valence-corrected chi connectivity index (χ2v) is 10.3. The SMILES string of the molecule is CC(C)(C)C[N]1[Ge][N](CC(C)(C)C)c2nccnc21. The van der Waals surface area contributed by atoms with Gasteiger partial charge in [-0.3, -0.25) is 0 Å². The summed E-state index contributed by atoms with van der Waals surface area (Å²) < 4.78 is 4.93. The molecule has 4 nitrogen and oxygen atoms in total. The molecule has 104 valence electrons. The fourth-order valence-electron chi connectivity index (χ4n) is 2.11. The summed E-state index contributed by atoms with van der Waals surface area (Å²) >= 11 is -0.361. The van der Waals surface area contributed by atoms with Crippen molar-refractivity contribution in [2.24, 2.45) is 10.8 Å². The van der Waals surface area contributed by atoms with Gasteiger partial charge < -0.3 is 0 Å². The van der Waals surface area contributed by atoms with Gasteiger partial charge in [-0.05, 0) is 0 Å². The molecular weight excluding hydrogens is 297 g/mol. The van der Waals surface area contributed by atoms with Crippen molar-refractivity contribution >= 4 is 27.5 Å². The third kappa shape index (κ3) is 3.84. The normalized spacial score (nSPS) is 15.9. The van der Waals surface area contributed by atoms with Gasteiger partial charge >= 0.3 is 123 Å². The summed E-state index contributed by atoms with van der Waals surface area (Å²) in [6.07, 6.45) is 3.61. The topological polar surface area (TPSA) is 32.3 Å². The second-order valence-electron chi connectivity index (χ2n) is 7.60. The monoisotopic (exact) mass is 322 g/mol. The first-order valence-corrected chi connectivity index (χ1v) is 8.66. The van der Waals surface area contributed by atoms with Crippen LogP contribution in [0.1, 0.15) is 41.5 Å². The van der Waals surface area contributed by atoms with Crippen LogP contribution in [0.25, 0.3) is 0 Å². The van der Waals surface area contributed by atoms with E-state index in [1.807, 2.05) is 0 Å². The maximum atomic E-state index is 4.56. The predicted molar refractivity (Wildman–Crippen MR) is 81.4 cm³/mol. The van der Waals surface area contributed by atoms with Crippen molar-refractivity contribution in [3.63, 3.8) is 0 Å². The van der Waals surface area contributed by atoms with E-state index in [0.29, 0.717) is 0 Å². The number of hydrogen-bond donors (Lipinski definition) is 0. The minimum absolute atomic E-state index is 0.288. The Morgan fingerprint density at radius 3 is 1.53 bits per heavy atom. The van der Waals surface area contributed by atoms with Crippen LogP contribution in [-0.4, -0.2) is 38.9 Å². The minimum atomic E-state index is -0.361. The van der Waals surface area contributed by atoms with Crippen LogP contribution in [0.4, 0.5) is 11.6 Å². The van der Waals surface area contributed by atoms with E-state index < -0.39 is 0 Å². The zero-order chi connectivity index (χ0) is 14.3. The van der Waals surface area contributed by atoms with Crippen molar-refractivity contribution in [1.29, 1.82) is 0 Å². The van der Waals surface area contributed by atoms with Crippen molar-refractivity contribution in [1.82, 2.24) is 9.97 Å². The molecule has 1 aliphatic heterocycles. The molecule has 2 radical (unpaired) electrons. The number of fused-ring (bicyclic) bond motifs is 1. The molecule has 0 unspecified atom stereocenters. The summed E-state index contributed by atoms with van der Waals surface area (Å²) in [5.74, 6) is 2.17. The van der Waals surface area contributed by atoms with Crippen LogP contribution in [0.2, 0.25) is 0 Å². The number of nitrogens with zero attached hydrogens (tertiary/aromatic N) is 4. The molecule has 0 fully saturated rings. The Bertz CT molecular complexity index is 406. The molecule has 0 bridgehead atoms. The Labute approximate surface area is 123 Å². The quantitative estimate of drug-likeness (QED) is 0.784. The third-order valence-corrected chi connectivity index (χ3v) is 5.24. The molecule has 0 spiro atoms. The van der Waals surface area contributed by atoms with Gasteiger partial charge in [-0.15, -0.1) is 0 Å². The van der Waals surface area contributed by atoms with E-state index in [4.69, 9.17) is 0 Å². The molecule has 0 atom stereocenters.